The summed E-state index contributed by atoms with van der Waals surface area (Å²) < 4.78 is 32.8. The molecule has 2 rings (SSSR count). The molecule has 0 radical (unpaired) electrons. The first-order valence-corrected chi connectivity index (χ1v) is 10.8. The molecular formula is C21H26N2O5S. The topological polar surface area (TPSA) is 102 Å². The fraction of sp³-hybridized carbons (Fsp3) is 0.333. The summed E-state index contributed by atoms with van der Waals surface area (Å²) in [5.74, 6) is -1.03. The molecule has 0 aliphatic heterocycles. The van der Waals surface area contributed by atoms with Gasteiger partial charge in [0.25, 0.3) is 15.9 Å². The Kier molecular flexibility index (Phi) is 7.39. The van der Waals surface area contributed by atoms with Crippen LogP contribution in [0.1, 0.15) is 41.8 Å². The third-order valence-electron chi connectivity index (χ3n) is 4.36. The first-order chi connectivity index (χ1) is 13.6. The van der Waals surface area contributed by atoms with Gasteiger partial charge in [-0.25, -0.2) is 13.2 Å². The smallest absolute Gasteiger partial charge is 0.338 e. The van der Waals surface area contributed by atoms with Crippen LogP contribution in [-0.4, -0.2) is 32.9 Å². The van der Waals surface area contributed by atoms with Crippen molar-refractivity contribution in [3.63, 3.8) is 0 Å². The molecule has 7 nitrogen and oxygen atoms in total. The Morgan fingerprint density at radius 1 is 1.07 bits per heavy atom. The van der Waals surface area contributed by atoms with Crippen molar-refractivity contribution < 1.29 is 22.7 Å². The lowest BCUT2D eigenvalue weighted by Gasteiger charge is -2.12. The van der Waals surface area contributed by atoms with Crippen LogP contribution in [0.15, 0.2) is 47.4 Å². The zero-order valence-corrected chi connectivity index (χ0v) is 17.8. The number of esters is 1. The number of anilines is 1. The summed E-state index contributed by atoms with van der Waals surface area (Å²) in [6.45, 7) is 6.97. The number of amides is 1. The van der Waals surface area contributed by atoms with E-state index in [-0.39, 0.29) is 29.0 Å². The van der Waals surface area contributed by atoms with E-state index in [1.807, 2.05) is 26.8 Å². The second-order valence-electron chi connectivity index (χ2n) is 6.90. The molecular weight excluding hydrogens is 392 g/mol. The minimum Gasteiger partial charge on any atom is -0.452 e. The second-order valence-corrected chi connectivity index (χ2v) is 8.56. The Balaban J connectivity index is 2.02. The predicted molar refractivity (Wildman–Crippen MR) is 111 cm³/mol. The van der Waals surface area contributed by atoms with Gasteiger partial charge < -0.3 is 10.1 Å². The van der Waals surface area contributed by atoms with Crippen molar-refractivity contribution in [1.29, 1.82) is 0 Å². The summed E-state index contributed by atoms with van der Waals surface area (Å²) in [5, 5.41) is 2.70. The summed E-state index contributed by atoms with van der Waals surface area (Å²) in [7, 11) is -3.75. The van der Waals surface area contributed by atoms with Gasteiger partial charge in [0.2, 0.25) is 0 Å². The number of carbonyl (C=O) groups is 2. The second kappa shape index (κ2) is 9.56. The van der Waals surface area contributed by atoms with E-state index < -0.39 is 16.0 Å². The van der Waals surface area contributed by atoms with Gasteiger partial charge in [0.1, 0.15) is 0 Å². The van der Waals surface area contributed by atoms with E-state index in [9.17, 15) is 18.0 Å². The van der Waals surface area contributed by atoms with Crippen molar-refractivity contribution in [2.75, 3.05) is 11.3 Å². The minimum absolute atomic E-state index is 0.00514. The lowest BCUT2D eigenvalue weighted by molar-refractivity contribution is -0.124. The number of carbonyl (C=O) groups excluding carboxylic acids is 2. The molecule has 1 amide bonds. The quantitative estimate of drug-likeness (QED) is 0.641. The van der Waals surface area contributed by atoms with E-state index in [0.29, 0.717) is 11.3 Å². The van der Waals surface area contributed by atoms with E-state index >= 15 is 0 Å². The number of nitrogens with one attached hydrogen (secondary N) is 2. The Labute approximate surface area is 171 Å². The SMILES string of the molecule is CC[C@H](C)NC(=O)COC(=O)c1ccc(NS(=O)(=O)c2cc(C)ccc2C)cc1. The van der Waals surface area contributed by atoms with Gasteiger partial charge in [-0.05, 0) is 68.7 Å². The van der Waals surface area contributed by atoms with Crippen LogP contribution in [0, 0.1) is 13.8 Å². The van der Waals surface area contributed by atoms with Crippen molar-refractivity contribution in [3.8, 4) is 0 Å². The third kappa shape index (κ3) is 6.32. The fourth-order valence-electron chi connectivity index (χ4n) is 2.51. The number of hydrogen-bond acceptors (Lipinski definition) is 5. The Morgan fingerprint density at radius 3 is 2.34 bits per heavy atom. The van der Waals surface area contributed by atoms with Crippen molar-refractivity contribution in [2.45, 2.75) is 45.1 Å². The molecule has 0 bridgehead atoms. The van der Waals surface area contributed by atoms with Crippen LogP contribution in [0.2, 0.25) is 0 Å². The summed E-state index contributed by atoms with van der Waals surface area (Å²) >= 11 is 0. The van der Waals surface area contributed by atoms with Crippen LogP contribution in [0.3, 0.4) is 0 Å². The molecule has 0 saturated heterocycles. The van der Waals surface area contributed by atoms with Crippen LogP contribution in [0.25, 0.3) is 0 Å². The van der Waals surface area contributed by atoms with Crippen molar-refractivity contribution in [1.82, 2.24) is 5.32 Å². The van der Waals surface area contributed by atoms with Gasteiger partial charge >= 0.3 is 5.97 Å². The van der Waals surface area contributed by atoms with E-state index in [0.717, 1.165) is 12.0 Å². The van der Waals surface area contributed by atoms with E-state index in [1.165, 1.54) is 24.3 Å². The van der Waals surface area contributed by atoms with Crippen molar-refractivity contribution >= 4 is 27.6 Å². The fourth-order valence-corrected chi connectivity index (χ4v) is 3.90. The van der Waals surface area contributed by atoms with Crippen molar-refractivity contribution in [3.05, 3.63) is 59.2 Å². The van der Waals surface area contributed by atoms with Gasteiger partial charge in [0.15, 0.2) is 6.61 Å². The van der Waals surface area contributed by atoms with Crippen LogP contribution >= 0.6 is 0 Å². The number of benzene rings is 2. The highest BCUT2D eigenvalue weighted by Gasteiger charge is 2.18. The minimum atomic E-state index is -3.75. The largest absolute Gasteiger partial charge is 0.452 e. The number of sulfonamides is 1. The summed E-state index contributed by atoms with van der Waals surface area (Å²) in [4.78, 5) is 23.9. The molecule has 2 N–H and O–H groups in total. The summed E-state index contributed by atoms with van der Waals surface area (Å²) in [5.41, 5.74) is 2.01. The van der Waals surface area contributed by atoms with Gasteiger partial charge in [-0.15, -0.1) is 0 Å². The molecule has 2 aromatic carbocycles. The van der Waals surface area contributed by atoms with E-state index in [4.69, 9.17) is 4.74 Å². The zero-order valence-electron chi connectivity index (χ0n) is 17.0. The van der Waals surface area contributed by atoms with Crippen LogP contribution in [-0.2, 0) is 19.6 Å². The summed E-state index contributed by atoms with van der Waals surface area (Å²) in [6, 6.07) is 11.0. The van der Waals surface area contributed by atoms with Crippen LogP contribution < -0.4 is 10.0 Å². The predicted octanol–water partition coefficient (Wildman–Crippen LogP) is 3.18. The van der Waals surface area contributed by atoms with E-state index in [2.05, 4.69) is 10.0 Å². The average molecular weight is 419 g/mol. The Morgan fingerprint density at radius 2 is 1.72 bits per heavy atom. The highest BCUT2D eigenvalue weighted by atomic mass is 32.2. The molecule has 0 fully saturated rings. The number of hydrogen-bond donors (Lipinski definition) is 2. The molecule has 0 aliphatic rings. The van der Waals surface area contributed by atoms with Gasteiger partial charge in [0.05, 0.1) is 10.5 Å². The monoisotopic (exact) mass is 418 g/mol. The molecule has 0 unspecified atom stereocenters. The Hall–Kier alpha value is -2.87. The first kappa shape index (κ1) is 22.4. The molecule has 29 heavy (non-hydrogen) atoms. The lowest BCUT2D eigenvalue weighted by Crippen LogP contribution is -2.35. The standard InChI is InChI=1S/C21H26N2O5S/c1-5-16(4)22-20(24)13-28-21(25)17-8-10-18(11-9-17)23-29(26,27)19-12-14(2)6-7-15(19)3/h6-12,16,23H,5,13H2,1-4H3,(H,22,24)/t16-/m0/s1. The van der Waals surface area contributed by atoms with Gasteiger partial charge in [-0.3, -0.25) is 9.52 Å². The maximum Gasteiger partial charge on any atom is 0.338 e. The highest BCUT2D eigenvalue weighted by molar-refractivity contribution is 7.92. The van der Waals surface area contributed by atoms with Crippen molar-refractivity contribution in [2.24, 2.45) is 0 Å². The maximum atomic E-state index is 12.6. The molecule has 0 aliphatic carbocycles. The van der Waals surface area contributed by atoms with Crippen LogP contribution in [0.4, 0.5) is 5.69 Å². The number of aryl methyl sites for hydroxylation is 2. The molecule has 156 valence electrons. The van der Waals surface area contributed by atoms with E-state index in [1.54, 1.807) is 19.1 Å². The molecule has 0 aromatic heterocycles. The lowest BCUT2D eigenvalue weighted by atomic mass is 10.2. The third-order valence-corrected chi connectivity index (χ3v) is 5.88. The maximum absolute atomic E-state index is 12.6. The van der Waals surface area contributed by atoms with Gasteiger partial charge in [-0.2, -0.15) is 0 Å². The molecule has 1 atom stereocenters. The number of ether oxygens (including phenoxy) is 1. The zero-order chi connectivity index (χ0) is 21.6. The van der Waals surface area contributed by atoms with Gasteiger partial charge in [-0.1, -0.05) is 19.1 Å². The first-order valence-electron chi connectivity index (χ1n) is 9.29. The normalized spacial score (nSPS) is 12.1. The van der Waals surface area contributed by atoms with Crippen LogP contribution in [0.5, 0.6) is 0 Å². The summed E-state index contributed by atoms with van der Waals surface area (Å²) in [6.07, 6.45) is 0.777. The number of rotatable bonds is 8. The molecule has 0 saturated carbocycles. The molecule has 8 heteroatoms. The van der Waals surface area contributed by atoms with Gasteiger partial charge in [0, 0.05) is 11.7 Å². The molecule has 0 spiro atoms. The average Bonchev–Trinajstić information content (AvgIpc) is 2.68. The Bertz CT molecular complexity index is 985. The highest BCUT2D eigenvalue weighted by Crippen LogP contribution is 2.21. The molecule has 0 heterocycles. The molecule has 2 aromatic rings.